The number of piperidine rings is 2. The van der Waals surface area contributed by atoms with Gasteiger partial charge in [-0.3, -0.25) is 9.59 Å². The summed E-state index contributed by atoms with van der Waals surface area (Å²) in [5, 5.41) is 6.19. The number of hydrogen-bond acceptors (Lipinski definition) is 4. The third kappa shape index (κ3) is 4.02. The van der Waals surface area contributed by atoms with Crippen LogP contribution < -0.4 is 15.4 Å². The first kappa shape index (κ1) is 20.8. The van der Waals surface area contributed by atoms with Gasteiger partial charge in [0.05, 0.1) is 6.54 Å². The predicted octanol–water partition coefficient (Wildman–Crippen LogP) is 3.48. The van der Waals surface area contributed by atoms with Gasteiger partial charge in [-0.25, -0.2) is 0 Å². The number of hydrogen-bond donors (Lipinski definition) is 2. The molecule has 1 atom stereocenters. The number of rotatable bonds is 5. The SMILES string of the molecule is C=C1CCC(N2Cc3c(OCc4ccc(C5CCNCC5)cc4)cccc3C2=O)C(=O)N1. The Hall–Kier alpha value is -3.12. The molecule has 0 bridgehead atoms. The van der Waals surface area contributed by atoms with Crippen molar-refractivity contribution < 1.29 is 14.3 Å². The zero-order valence-corrected chi connectivity index (χ0v) is 18.2. The van der Waals surface area contributed by atoms with Crippen molar-refractivity contribution in [1.82, 2.24) is 15.5 Å². The van der Waals surface area contributed by atoms with Crippen molar-refractivity contribution in [3.63, 3.8) is 0 Å². The minimum atomic E-state index is -0.462. The summed E-state index contributed by atoms with van der Waals surface area (Å²) in [5.74, 6) is 1.08. The summed E-state index contributed by atoms with van der Waals surface area (Å²) in [6, 6.07) is 13.8. The zero-order chi connectivity index (χ0) is 22.1. The van der Waals surface area contributed by atoms with Gasteiger partial charge in [-0.15, -0.1) is 0 Å². The smallest absolute Gasteiger partial charge is 0.255 e. The summed E-state index contributed by atoms with van der Waals surface area (Å²) in [4.78, 5) is 27.1. The lowest BCUT2D eigenvalue weighted by Gasteiger charge is -2.31. The lowest BCUT2D eigenvalue weighted by atomic mass is 9.90. The molecule has 2 fully saturated rings. The Morgan fingerprint density at radius 2 is 1.81 bits per heavy atom. The molecule has 0 aromatic heterocycles. The van der Waals surface area contributed by atoms with Crippen LogP contribution in [0.5, 0.6) is 5.75 Å². The normalized spacial score (nSPS) is 21.4. The standard InChI is InChI=1S/C26H29N3O3/c1-17-5-10-23(25(30)28-17)29-15-22-21(26(29)31)3-2-4-24(22)32-16-18-6-8-19(9-7-18)20-11-13-27-14-12-20/h2-4,6-9,20,23,27H,1,5,10-16H2,(H,28,30). The first-order chi connectivity index (χ1) is 15.6. The molecule has 2 aromatic carbocycles. The monoisotopic (exact) mass is 431 g/mol. The third-order valence-corrected chi connectivity index (χ3v) is 6.84. The number of nitrogens with zero attached hydrogens (tertiary/aromatic N) is 1. The molecular formula is C26H29N3O3. The van der Waals surface area contributed by atoms with Crippen molar-refractivity contribution in [3.05, 3.63) is 77.0 Å². The van der Waals surface area contributed by atoms with E-state index in [-0.39, 0.29) is 11.8 Å². The molecule has 2 aromatic rings. The number of benzene rings is 2. The molecule has 3 aliphatic heterocycles. The second-order valence-corrected chi connectivity index (χ2v) is 8.92. The molecule has 2 saturated heterocycles. The molecule has 166 valence electrons. The van der Waals surface area contributed by atoms with Crippen molar-refractivity contribution in [2.75, 3.05) is 13.1 Å². The van der Waals surface area contributed by atoms with Crippen LogP contribution >= 0.6 is 0 Å². The Morgan fingerprint density at radius 1 is 1.03 bits per heavy atom. The summed E-state index contributed by atoms with van der Waals surface area (Å²) in [7, 11) is 0. The molecule has 0 saturated carbocycles. The topological polar surface area (TPSA) is 70.7 Å². The maximum absolute atomic E-state index is 13.0. The quantitative estimate of drug-likeness (QED) is 0.761. The lowest BCUT2D eigenvalue weighted by molar-refractivity contribution is -0.126. The number of allylic oxidation sites excluding steroid dienone is 1. The van der Waals surface area contributed by atoms with Gasteiger partial charge < -0.3 is 20.3 Å². The van der Waals surface area contributed by atoms with E-state index in [1.807, 2.05) is 18.2 Å². The van der Waals surface area contributed by atoms with E-state index < -0.39 is 6.04 Å². The highest BCUT2D eigenvalue weighted by Crippen LogP contribution is 2.34. The van der Waals surface area contributed by atoms with Crippen molar-refractivity contribution in [2.45, 2.75) is 50.8 Å². The van der Waals surface area contributed by atoms with E-state index >= 15 is 0 Å². The molecule has 0 radical (unpaired) electrons. The zero-order valence-electron chi connectivity index (χ0n) is 18.2. The van der Waals surface area contributed by atoms with E-state index in [1.54, 1.807) is 4.90 Å². The second kappa shape index (κ2) is 8.79. The first-order valence-corrected chi connectivity index (χ1v) is 11.4. The summed E-state index contributed by atoms with van der Waals surface area (Å²) < 4.78 is 6.14. The molecule has 2 amide bonds. The highest BCUT2D eigenvalue weighted by molar-refractivity contribution is 6.02. The second-order valence-electron chi connectivity index (χ2n) is 8.92. The van der Waals surface area contributed by atoms with Gasteiger partial charge in [-0.05, 0) is 68.0 Å². The number of carbonyl (C=O) groups is 2. The van der Waals surface area contributed by atoms with E-state index in [2.05, 4.69) is 41.5 Å². The van der Waals surface area contributed by atoms with Crippen LogP contribution in [-0.4, -0.2) is 35.8 Å². The fraction of sp³-hybridized carbons (Fsp3) is 0.385. The largest absolute Gasteiger partial charge is 0.489 e. The number of ether oxygens (including phenoxy) is 1. The fourth-order valence-electron chi connectivity index (χ4n) is 4.97. The van der Waals surface area contributed by atoms with Gasteiger partial charge in [0, 0.05) is 16.8 Å². The van der Waals surface area contributed by atoms with Crippen molar-refractivity contribution >= 4 is 11.8 Å². The van der Waals surface area contributed by atoms with Gasteiger partial charge in [0.15, 0.2) is 0 Å². The highest BCUT2D eigenvalue weighted by atomic mass is 16.5. The molecule has 3 aliphatic rings. The van der Waals surface area contributed by atoms with Crippen LogP contribution in [0.25, 0.3) is 0 Å². The summed E-state index contributed by atoms with van der Waals surface area (Å²) in [5.41, 5.74) is 4.70. The van der Waals surface area contributed by atoms with Gasteiger partial charge in [0.1, 0.15) is 18.4 Å². The van der Waals surface area contributed by atoms with Crippen LogP contribution in [0.15, 0.2) is 54.7 Å². The summed E-state index contributed by atoms with van der Waals surface area (Å²) >= 11 is 0. The molecule has 32 heavy (non-hydrogen) atoms. The fourth-order valence-corrected chi connectivity index (χ4v) is 4.97. The Labute approximate surface area is 188 Å². The average molecular weight is 432 g/mol. The maximum atomic E-state index is 13.0. The molecule has 1 unspecified atom stereocenters. The van der Waals surface area contributed by atoms with Gasteiger partial charge in [0.25, 0.3) is 5.91 Å². The number of nitrogens with one attached hydrogen (secondary N) is 2. The Morgan fingerprint density at radius 3 is 2.56 bits per heavy atom. The molecule has 6 nitrogen and oxygen atoms in total. The van der Waals surface area contributed by atoms with Crippen LogP contribution in [0, 0.1) is 0 Å². The van der Waals surface area contributed by atoms with Crippen LogP contribution in [0.2, 0.25) is 0 Å². The number of fused-ring (bicyclic) bond motifs is 1. The van der Waals surface area contributed by atoms with Crippen molar-refractivity contribution in [1.29, 1.82) is 0 Å². The molecule has 3 heterocycles. The van der Waals surface area contributed by atoms with E-state index in [0.29, 0.717) is 48.9 Å². The van der Waals surface area contributed by atoms with Crippen LogP contribution in [0.3, 0.4) is 0 Å². The summed E-state index contributed by atoms with van der Waals surface area (Å²) in [6.07, 6.45) is 3.66. The lowest BCUT2D eigenvalue weighted by Crippen LogP contribution is -2.49. The number of amides is 2. The highest BCUT2D eigenvalue weighted by Gasteiger charge is 2.39. The third-order valence-electron chi connectivity index (χ3n) is 6.84. The average Bonchev–Trinajstić information content (AvgIpc) is 3.15. The minimum Gasteiger partial charge on any atom is -0.489 e. The van der Waals surface area contributed by atoms with E-state index in [9.17, 15) is 9.59 Å². The minimum absolute atomic E-state index is 0.107. The first-order valence-electron chi connectivity index (χ1n) is 11.4. The Balaban J connectivity index is 1.27. The van der Waals surface area contributed by atoms with E-state index in [1.165, 1.54) is 18.4 Å². The Bertz CT molecular complexity index is 1040. The van der Waals surface area contributed by atoms with Crippen molar-refractivity contribution in [3.8, 4) is 5.75 Å². The van der Waals surface area contributed by atoms with E-state index in [0.717, 1.165) is 24.2 Å². The van der Waals surface area contributed by atoms with Gasteiger partial charge in [0.2, 0.25) is 5.91 Å². The van der Waals surface area contributed by atoms with Gasteiger partial charge >= 0.3 is 0 Å². The molecule has 0 aliphatic carbocycles. The molecule has 6 heteroatoms. The van der Waals surface area contributed by atoms with Crippen LogP contribution in [0.1, 0.15) is 58.6 Å². The van der Waals surface area contributed by atoms with Crippen molar-refractivity contribution in [2.24, 2.45) is 0 Å². The van der Waals surface area contributed by atoms with Gasteiger partial charge in [-0.2, -0.15) is 0 Å². The predicted molar refractivity (Wildman–Crippen MR) is 122 cm³/mol. The Kier molecular flexibility index (Phi) is 5.70. The summed E-state index contributed by atoms with van der Waals surface area (Å²) in [6.45, 7) is 6.83. The van der Waals surface area contributed by atoms with E-state index in [4.69, 9.17) is 4.74 Å². The molecule has 0 spiro atoms. The number of carbonyl (C=O) groups excluding carboxylic acids is 2. The molecule has 5 rings (SSSR count). The van der Waals surface area contributed by atoms with Gasteiger partial charge in [-0.1, -0.05) is 36.9 Å². The maximum Gasteiger partial charge on any atom is 0.255 e. The molecule has 2 N–H and O–H groups in total. The molecular weight excluding hydrogens is 402 g/mol. The van der Waals surface area contributed by atoms with Crippen LogP contribution in [0.4, 0.5) is 0 Å². The van der Waals surface area contributed by atoms with Crippen LogP contribution in [-0.2, 0) is 17.9 Å².